The number of carbonyl (C=O) groups is 2. The van der Waals surface area contributed by atoms with Crippen LogP contribution in [0.2, 0.25) is 0 Å². The highest BCUT2D eigenvalue weighted by Crippen LogP contribution is 2.22. The molecule has 0 spiro atoms. The Hall–Kier alpha value is -2.44. The number of nitrogens with zero attached hydrogens (tertiary/aromatic N) is 3. The Bertz CT molecular complexity index is 789. The molecular formula is C18H27N5O2. The second-order valence-corrected chi connectivity index (χ2v) is 7.38. The summed E-state index contributed by atoms with van der Waals surface area (Å²) < 4.78 is 1.84. The first-order valence-electron chi connectivity index (χ1n) is 8.56. The van der Waals surface area contributed by atoms with Crippen LogP contribution in [-0.2, 0) is 4.79 Å². The third-order valence-electron chi connectivity index (χ3n) is 3.87. The van der Waals surface area contributed by atoms with Crippen LogP contribution >= 0.6 is 0 Å². The Balaban J connectivity index is 2.24. The molecule has 2 aromatic heterocycles. The van der Waals surface area contributed by atoms with Gasteiger partial charge >= 0.3 is 0 Å². The summed E-state index contributed by atoms with van der Waals surface area (Å²) in [5, 5.41) is 10.6. The van der Waals surface area contributed by atoms with Crippen LogP contribution in [0.15, 0.2) is 12.3 Å². The molecule has 0 aliphatic heterocycles. The Morgan fingerprint density at radius 2 is 2.00 bits per heavy atom. The molecule has 7 nitrogen and oxygen atoms in total. The molecule has 2 N–H and O–H groups in total. The van der Waals surface area contributed by atoms with Crippen LogP contribution in [0.4, 0.5) is 0 Å². The molecule has 0 bridgehead atoms. The van der Waals surface area contributed by atoms with Gasteiger partial charge in [0, 0.05) is 11.2 Å². The van der Waals surface area contributed by atoms with Gasteiger partial charge in [-0.3, -0.25) is 9.59 Å². The zero-order chi connectivity index (χ0) is 18.8. The maximum absolute atomic E-state index is 12.6. The van der Waals surface area contributed by atoms with Crippen LogP contribution in [0, 0.1) is 6.92 Å². The van der Waals surface area contributed by atoms with Gasteiger partial charge in [0.15, 0.2) is 5.65 Å². The lowest BCUT2D eigenvalue weighted by atomic mass is 10.1. The molecule has 2 heterocycles. The molecule has 0 aliphatic rings. The van der Waals surface area contributed by atoms with Crippen molar-refractivity contribution in [2.75, 3.05) is 6.54 Å². The summed E-state index contributed by atoms with van der Waals surface area (Å²) in [6.45, 7) is 11.6. The first-order valence-corrected chi connectivity index (χ1v) is 8.56. The average molecular weight is 345 g/mol. The third-order valence-corrected chi connectivity index (χ3v) is 3.87. The molecule has 2 aromatic rings. The van der Waals surface area contributed by atoms with E-state index in [4.69, 9.17) is 0 Å². The smallest absolute Gasteiger partial charge is 0.252 e. The van der Waals surface area contributed by atoms with E-state index in [-0.39, 0.29) is 29.9 Å². The van der Waals surface area contributed by atoms with E-state index in [1.807, 2.05) is 32.4 Å². The summed E-state index contributed by atoms with van der Waals surface area (Å²) in [5.74, 6) is -0.526. The Morgan fingerprint density at radius 3 is 2.60 bits per heavy atom. The van der Waals surface area contributed by atoms with E-state index in [1.54, 1.807) is 12.3 Å². The highest BCUT2D eigenvalue weighted by molar-refractivity contribution is 6.06. The first-order chi connectivity index (χ1) is 11.6. The van der Waals surface area contributed by atoms with Crippen molar-refractivity contribution in [1.29, 1.82) is 0 Å². The van der Waals surface area contributed by atoms with Gasteiger partial charge in [-0.05, 0) is 47.1 Å². The van der Waals surface area contributed by atoms with Crippen LogP contribution in [0.5, 0.6) is 0 Å². The summed E-state index contributed by atoms with van der Waals surface area (Å²) in [4.78, 5) is 29.0. The summed E-state index contributed by atoms with van der Waals surface area (Å²) in [6, 6.07) is 1.92. The van der Waals surface area contributed by atoms with Crippen molar-refractivity contribution in [2.45, 2.75) is 59.5 Å². The van der Waals surface area contributed by atoms with E-state index < -0.39 is 0 Å². The fourth-order valence-corrected chi connectivity index (χ4v) is 2.54. The van der Waals surface area contributed by atoms with Gasteiger partial charge in [-0.15, -0.1) is 0 Å². The van der Waals surface area contributed by atoms with Crippen molar-refractivity contribution in [3.63, 3.8) is 0 Å². The van der Waals surface area contributed by atoms with Crippen molar-refractivity contribution in [1.82, 2.24) is 25.4 Å². The Morgan fingerprint density at radius 1 is 1.32 bits per heavy atom. The quantitative estimate of drug-likeness (QED) is 0.870. The molecule has 0 aromatic carbocycles. The van der Waals surface area contributed by atoms with Gasteiger partial charge in [0.05, 0.1) is 29.7 Å². The number of nitrogens with one attached hydrogen (secondary N) is 2. The average Bonchev–Trinajstić information content (AvgIpc) is 2.93. The van der Waals surface area contributed by atoms with Crippen molar-refractivity contribution in [3.05, 3.63) is 23.5 Å². The first kappa shape index (κ1) is 18.9. The van der Waals surface area contributed by atoms with E-state index in [0.29, 0.717) is 16.6 Å². The van der Waals surface area contributed by atoms with Crippen LogP contribution in [0.3, 0.4) is 0 Å². The monoisotopic (exact) mass is 345 g/mol. The molecule has 2 rings (SSSR count). The molecule has 2 amide bonds. The van der Waals surface area contributed by atoms with E-state index in [0.717, 1.165) is 12.1 Å². The fourth-order valence-electron chi connectivity index (χ4n) is 2.54. The molecule has 0 radical (unpaired) electrons. The fraction of sp³-hybridized carbons (Fsp3) is 0.556. The predicted octanol–water partition coefficient (Wildman–Crippen LogP) is 2.36. The number of aromatic nitrogens is 3. The van der Waals surface area contributed by atoms with Gasteiger partial charge in [0.2, 0.25) is 5.91 Å². The third kappa shape index (κ3) is 4.55. The van der Waals surface area contributed by atoms with Crippen molar-refractivity contribution in [2.24, 2.45) is 0 Å². The van der Waals surface area contributed by atoms with Crippen LogP contribution in [-0.4, -0.2) is 38.7 Å². The second kappa shape index (κ2) is 7.21. The number of rotatable bonds is 5. The van der Waals surface area contributed by atoms with Gasteiger partial charge < -0.3 is 10.6 Å². The summed E-state index contributed by atoms with van der Waals surface area (Å²) in [6.07, 6.45) is 2.58. The van der Waals surface area contributed by atoms with Crippen molar-refractivity contribution in [3.8, 4) is 0 Å². The molecule has 0 aliphatic carbocycles. The Kier molecular flexibility index (Phi) is 5.45. The number of pyridine rings is 1. The van der Waals surface area contributed by atoms with Gasteiger partial charge in [-0.1, -0.05) is 6.92 Å². The molecule has 0 unspecified atom stereocenters. The predicted molar refractivity (Wildman–Crippen MR) is 97.5 cm³/mol. The number of hydrogen-bond donors (Lipinski definition) is 2. The van der Waals surface area contributed by atoms with E-state index >= 15 is 0 Å². The largest absolute Gasteiger partial charge is 0.350 e. The van der Waals surface area contributed by atoms with Crippen molar-refractivity contribution < 1.29 is 9.59 Å². The maximum Gasteiger partial charge on any atom is 0.252 e. The SMILES string of the molecule is CC[C@@H](C)n1ncc2c(C(=O)NCC(=O)NC(C)(C)C)cc(C)nc21. The zero-order valence-electron chi connectivity index (χ0n) is 15.8. The van der Waals surface area contributed by atoms with Crippen LogP contribution in [0.25, 0.3) is 11.0 Å². The normalized spacial score (nSPS) is 12.9. The van der Waals surface area contributed by atoms with Gasteiger partial charge in [0.25, 0.3) is 5.91 Å². The highest BCUT2D eigenvalue weighted by Gasteiger charge is 2.19. The lowest BCUT2D eigenvalue weighted by molar-refractivity contribution is -0.121. The van der Waals surface area contributed by atoms with Gasteiger partial charge in [-0.2, -0.15) is 5.10 Å². The number of amides is 2. The van der Waals surface area contributed by atoms with Gasteiger partial charge in [0.1, 0.15) is 0 Å². The molecule has 0 saturated carbocycles. The minimum atomic E-state index is -0.334. The molecule has 7 heteroatoms. The number of aryl methyl sites for hydroxylation is 1. The zero-order valence-corrected chi connectivity index (χ0v) is 15.8. The van der Waals surface area contributed by atoms with E-state index in [9.17, 15) is 9.59 Å². The molecule has 136 valence electrons. The molecule has 25 heavy (non-hydrogen) atoms. The molecular weight excluding hydrogens is 318 g/mol. The lowest BCUT2D eigenvalue weighted by Crippen LogP contribution is -2.45. The lowest BCUT2D eigenvalue weighted by Gasteiger charge is -2.20. The minimum Gasteiger partial charge on any atom is -0.350 e. The van der Waals surface area contributed by atoms with Crippen molar-refractivity contribution >= 4 is 22.8 Å². The van der Waals surface area contributed by atoms with Gasteiger partial charge in [-0.25, -0.2) is 9.67 Å². The van der Waals surface area contributed by atoms with Crippen LogP contribution < -0.4 is 10.6 Å². The topological polar surface area (TPSA) is 88.9 Å². The van der Waals surface area contributed by atoms with Crippen LogP contribution in [0.1, 0.15) is 63.1 Å². The van der Waals surface area contributed by atoms with E-state index in [1.165, 1.54) is 0 Å². The van der Waals surface area contributed by atoms with E-state index in [2.05, 4.69) is 34.6 Å². The molecule has 1 atom stereocenters. The standard InChI is InChI=1S/C18H27N5O2/c1-7-12(3)23-16-14(9-20-23)13(8-11(2)21-16)17(25)19-10-15(24)22-18(4,5)6/h8-9,12H,7,10H2,1-6H3,(H,19,25)(H,22,24)/t12-/m1/s1. The number of hydrogen-bond acceptors (Lipinski definition) is 4. The highest BCUT2D eigenvalue weighted by atomic mass is 16.2. The number of carbonyl (C=O) groups excluding carboxylic acids is 2. The summed E-state index contributed by atoms with van der Waals surface area (Å²) >= 11 is 0. The number of fused-ring (bicyclic) bond motifs is 1. The summed E-state index contributed by atoms with van der Waals surface area (Å²) in [5.41, 5.74) is 1.58. The molecule has 0 saturated heterocycles. The maximum atomic E-state index is 12.6. The minimum absolute atomic E-state index is 0.0710. The molecule has 0 fully saturated rings. The second-order valence-electron chi connectivity index (χ2n) is 7.38. The summed E-state index contributed by atoms with van der Waals surface area (Å²) in [7, 11) is 0. The Labute approximate surface area is 148 Å².